The van der Waals surface area contributed by atoms with Gasteiger partial charge in [0.25, 0.3) is 0 Å². The van der Waals surface area contributed by atoms with E-state index in [4.69, 9.17) is 4.74 Å². The molecule has 0 atom stereocenters. The molecule has 1 aromatic rings. The Hall–Kier alpha value is -1.22. The lowest BCUT2D eigenvalue weighted by atomic mass is 10.3. The SMILES string of the molecule is CCN(NC)c1ccc(OC)cc1. The summed E-state index contributed by atoms with van der Waals surface area (Å²) in [6, 6.07) is 7.96. The fourth-order valence-corrected chi connectivity index (χ4v) is 1.23. The van der Waals surface area contributed by atoms with Gasteiger partial charge in [-0.2, -0.15) is 0 Å². The molecule has 0 bridgehead atoms. The highest BCUT2D eigenvalue weighted by Crippen LogP contribution is 2.17. The molecule has 0 heterocycles. The standard InChI is InChI=1S/C10H16N2O/c1-4-12(11-2)9-5-7-10(13-3)8-6-9/h5-8,11H,4H2,1-3H3. The molecule has 0 aliphatic carbocycles. The fourth-order valence-electron chi connectivity index (χ4n) is 1.23. The van der Waals surface area contributed by atoms with E-state index in [0.29, 0.717) is 0 Å². The van der Waals surface area contributed by atoms with Crippen LogP contribution in [0.3, 0.4) is 0 Å². The van der Waals surface area contributed by atoms with E-state index in [1.165, 1.54) is 0 Å². The monoisotopic (exact) mass is 180 g/mol. The molecule has 0 spiro atoms. The Labute approximate surface area is 79.3 Å². The van der Waals surface area contributed by atoms with Crippen molar-refractivity contribution >= 4 is 5.69 Å². The zero-order valence-electron chi connectivity index (χ0n) is 8.37. The number of hydrazine groups is 1. The normalized spacial score (nSPS) is 9.77. The zero-order valence-corrected chi connectivity index (χ0v) is 8.37. The molecule has 0 amide bonds. The highest BCUT2D eigenvalue weighted by atomic mass is 16.5. The summed E-state index contributed by atoms with van der Waals surface area (Å²) in [4.78, 5) is 0. The first kappa shape index (κ1) is 9.86. The Balaban J connectivity index is 2.78. The van der Waals surface area contributed by atoms with Crippen molar-refractivity contribution in [2.45, 2.75) is 6.92 Å². The first-order valence-corrected chi connectivity index (χ1v) is 4.40. The predicted octanol–water partition coefficient (Wildman–Crippen LogP) is 1.66. The van der Waals surface area contributed by atoms with Crippen molar-refractivity contribution < 1.29 is 4.74 Å². The maximum Gasteiger partial charge on any atom is 0.119 e. The van der Waals surface area contributed by atoms with Gasteiger partial charge in [-0.15, -0.1) is 0 Å². The fraction of sp³-hybridized carbons (Fsp3) is 0.400. The molecule has 13 heavy (non-hydrogen) atoms. The molecule has 0 aromatic heterocycles. The summed E-state index contributed by atoms with van der Waals surface area (Å²) in [5, 5.41) is 2.06. The van der Waals surface area contributed by atoms with Gasteiger partial charge in [-0.25, -0.2) is 5.43 Å². The molecular formula is C10H16N2O. The molecule has 0 fully saturated rings. The molecule has 3 heteroatoms. The Morgan fingerprint density at radius 1 is 1.31 bits per heavy atom. The van der Waals surface area contributed by atoms with E-state index in [-0.39, 0.29) is 0 Å². The summed E-state index contributed by atoms with van der Waals surface area (Å²) in [5.74, 6) is 0.885. The smallest absolute Gasteiger partial charge is 0.119 e. The third kappa shape index (κ3) is 2.36. The zero-order chi connectivity index (χ0) is 9.68. The van der Waals surface area contributed by atoms with E-state index in [2.05, 4.69) is 17.4 Å². The number of hydrogen-bond donors (Lipinski definition) is 1. The highest BCUT2D eigenvalue weighted by Gasteiger charge is 2.00. The van der Waals surface area contributed by atoms with Crippen LogP contribution in [0.4, 0.5) is 5.69 Å². The van der Waals surface area contributed by atoms with Gasteiger partial charge in [0.2, 0.25) is 0 Å². The van der Waals surface area contributed by atoms with Crippen molar-refractivity contribution in [3.63, 3.8) is 0 Å². The van der Waals surface area contributed by atoms with Crippen LogP contribution in [0.25, 0.3) is 0 Å². The number of nitrogens with zero attached hydrogens (tertiary/aromatic N) is 1. The Kier molecular flexibility index (Phi) is 3.58. The van der Waals surface area contributed by atoms with E-state index in [1.807, 2.05) is 31.3 Å². The van der Waals surface area contributed by atoms with Gasteiger partial charge < -0.3 is 9.75 Å². The van der Waals surface area contributed by atoms with Crippen molar-refractivity contribution in [3.8, 4) is 5.75 Å². The Morgan fingerprint density at radius 2 is 1.92 bits per heavy atom. The van der Waals surface area contributed by atoms with Gasteiger partial charge >= 0.3 is 0 Å². The summed E-state index contributed by atoms with van der Waals surface area (Å²) in [6.45, 7) is 3.03. The molecule has 0 unspecified atom stereocenters. The van der Waals surface area contributed by atoms with Gasteiger partial charge in [-0.05, 0) is 31.2 Å². The van der Waals surface area contributed by atoms with Gasteiger partial charge in [0.05, 0.1) is 12.8 Å². The summed E-state index contributed by atoms with van der Waals surface area (Å²) >= 11 is 0. The third-order valence-electron chi connectivity index (χ3n) is 1.97. The van der Waals surface area contributed by atoms with Crippen molar-refractivity contribution in [2.75, 3.05) is 25.7 Å². The Morgan fingerprint density at radius 3 is 2.31 bits per heavy atom. The van der Waals surface area contributed by atoms with Crippen LogP contribution in [-0.2, 0) is 0 Å². The maximum absolute atomic E-state index is 5.08. The number of nitrogens with one attached hydrogen (secondary N) is 1. The molecule has 1 N–H and O–H groups in total. The van der Waals surface area contributed by atoms with Crippen LogP contribution >= 0.6 is 0 Å². The van der Waals surface area contributed by atoms with E-state index in [0.717, 1.165) is 18.0 Å². The highest BCUT2D eigenvalue weighted by molar-refractivity contribution is 5.47. The van der Waals surface area contributed by atoms with Gasteiger partial charge in [-0.1, -0.05) is 0 Å². The maximum atomic E-state index is 5.08. The lowest BCUT2D eigenvalue weighted by Gasteiger charge is -2.21. The van der Waals surface area contributed by atoms with Crippen LogP contribution in [0.5, 0.6) is 5.75 Å². The molecule has 1 aromatic carbocycles. The van der Waals surface area contributed by atoms with Crippen molar-refractivity contribution in [1.29, 1.82) is 0 Å². The number of hydrogen-bond acceptors (Lipinski definition) is 3. The average Bonchev–Trinajstić information content (AvgIpc) is 2.21. The predicted molar refractivity (Wildman–Crippen MR) is 55.1 cm³/mol. The number of anilines is 1. The second kappa shape index (κ2) is 4.72. The third-order valence-corrected chi connectivity index (χ3v) is 1.97. The topological polar surface area (TPSA) is 24.5 Å². The molecule has 0 aliphatic rings. The Bertz CT molecular complexity index is 242. The molecule has 3 nitrogen and oxygen atoms in total. The van der Waals surface area contributed by atoms with Crippen molar-refractivity contribution in [3.05, 3.63) is 24.3 Å². The van der Waals surface area contributed by atoms with E-state index in [1.54, 1.807) is 7.11 Å². The van der Waals surface area contributed by atoms with Gasteiger partial charge in [-0.3, -0.25) is 0 Å². The summed E-state index contributed by atoms with van der Waals surface area (Å²) < 4.78 is 5.08. The first-order valence-electron chi connectivity index (χ1n) is 4.40. The van der Waals surface area contributed by atoms with Crippen LogP contribution < -0.4 is 15.2 Å². The van der Waals surface area contributed by atoms with Crippen molar-refractivity contribution in [1.82, 2.24) is 5.43 Å². The summed E-state index contributed by atoms with van der Waals surface area (Å²) in [5.41, 5.74) is 4.24. The number of methoxy groups -OCH3 is 1. The van der Waals surface area contributed by atoms with Gasteiger partial charge in [0.1, 0.15) is 5.75 Å². The van der Waals surface area contributed by atoms with Crippen molar-refractivity contribution in [2.24, 2.45) is 0 Å². The lowest BCUT2D eigenvalue weighted by Crippen LogP contribution is -2.34. The molecule has 0 aliphatic heterocycles. The van der Waals surface area contributed by atoms with E-state index in [9.17, 15) is 0 Å². The summed E-state index contributed by atoms with van der Waals surface area (Å²) in [7, 11) is 3.58. The molecular weight excluding hydrogens is 164 g/mol. The average molecular weight is 180 g/mol. The summed E-state index contributed by atoms with van der Waals surface area (Å²) in [6.07, 6.45) is 0. The largest absolute Gasteiger partial charge is 0.497 e. The molecule has 0 saturated carbocycles. The van der Waals surface area contributed by atoms with Crippen LogP contribution in [0, 0.1) is 0 Å². The molecule has 72 valence electrons. The van der Waals surface area contributed by atoms with Crippen LogP contribution in [0.1, 0.15) is 6.92 Å². The quantitative estimate of drug-likeness (QED) is 0.713. The second-order valence-corrected chi connectivity index (χ2v) is 2.67. The lowest BCUT2D eigenvalue weighted by molar-refractivity contribution is 0.415. The van der Waals surface area contributed by atoms with Gasteiger partial charge in [0, 0.05) is 13.6 Å². The minimum Gasteiger partial charge on any atom is -0.497 e. The number of rotatable bonds is 4. The first-order chi connectivity index (χ1) is 6.31. The minimum absolute atomic E-state index is 0.885. The number of ether oxygens (including phenoxy) is 1. The minimum atomic E-state index is 0.885. The number of benzene rings is 1. The molecule has 0 saturated heterocycles. The van der Waals surface area contributed by atoms with Crippen LogP contribution in [-0.4, -0.2) is 20.7 Å². The van der Waals surface area contributed by atoms with Crippen LogP contribution in [0.2, 0.25) is 0 Å². The van der Waals surface area contributed by atoms with E-state index >= 15 is 0 Å². The van der Waals surface area contributed by atoms with Crippen LogP contribution in [0.15, 0.2) is 24.3 Å². The second-order valence-electron chi connectivity index (χ2n) is 2.67. The van der Waals surface area contributed by atoms with E-state index < -0.39 is 0 Å². The molecule has 1 rings (SSSR count). The van der Waals surface area contributed by atoms with Gasteiger partial charge in [0.15, 0.2) is 0 Å². The molecule has 0 radical (unpaired) electrons.